The topological polar surface area (TPSA) is 127 Å². The quantitative estimate of drug-likeness (QED) is 0.469. The first-order chi connectivity index (χ1) is 18.5. The highest BCUT2D eigenvalue weighted by molar-refractivity contribution is 5.99. The third-order valence-corrected chi connectivity index (χ3v) is 5.89. The van der Waals surface area contributed by atoms with Gasteiger partial charge in [0.2, 0.25) is 5.91 Å². The van der Waals surface area contributed by atoms with E-state index < -0.39 is 42.7 Å². The fourth-order valence-electron chi connectivity index (χ4n) is 3.94. The Kier molecular flexibility index (Phi) is 9.90. The number of piperazine rings is 1. The Bertz CT molecular complexity index is 1200. The lowest BCUT2D eigenvalue weighted by molar-refractivity contribution is -0.153. The van der Waals surface area contributed by atoms with E-state index in [0.29, 0.717) is 0 Å². The summed E-state index contributed by atoms with van der Waals surface area (Å²) >= 11 is 0. The lowest BCUT2D eigenvalue weighted by Crippen LogP contribution is -2.56. The Morgan fingerprint density at radius 3 is 2.38 bits per heavy atom. The summed E-state index contributed by atoms with van der Waals surface area (Å²) in [7, 11) is 1.19. The molecule has 0 bridgehead atoms. The van der Waals surface area contributed by atoms with Crippen LogP contribution < -0.4 is 10.1 Å². The van der Waals surface area contributed by atoms with Crippen LogP contribution in [-0.2, 0) is 19.1 Å². The molecule has 3 rings (SSSR count). The van der Waals surface area contributed by atoms with Gasteiger partial charge in [0, 0.05) is 44.1 Å². The van der Waals surface area contributed by atoms with Crippen LogP contribution in [0.15, 0.2) is 30.3 Å². The van der Waals surface area contributed by atoms with Crippen molar-refractivity contribution in [2.75, 3.05) is 46.5 Å². The first-order valence-electron chi connectivity index (χ1n) is 12.2. The van der Waals surface area contributed by atoms with Crippen LogP contribution in [0, 0.1) is 0 Å². The van der Waals surface area contributed by atoms with Gasteiger partial charge in [-0.3, -0.25) is 14.4 Å². The second-order valence-corrected chi connectivity index (χ2v) is 8.58. The molecule has 0 aliphatic carbocycles. The van der Waals surface area contributed by atoms with Crippen LogP contribution in [0.25, 0.3) is 10.9 Å². The molecule has 1 N–H and O–H groups in total. The number of carbonyl (C=O) groups is 4. The number of rotatable bonds is 9. The summed E-state index contributed by atoms with van der Waals surface area (Å²) in [5.74, 6) is -2.13. The van der Waals surface area contributed by atoms with Crippen molar-refractivity contribution in [2.45, 2.75) is 32.0 Å². The Morgan fingerprint density at radius 1 is 1.08 bits per heavy atom. The van der Waals surface area contributed by atoms with Crippen LogP contribution in [0.5, 0.6) is 5.75 Å². The van der Waals surface area contributed by atoms with Gasteiger partial charge in [0.05, 0.1) is 19.2 Å². The third-order valence-electron chi connectivity index (χ3n) is 5.89. The highest BCUT2D eigenvalue weighted by atomic mass is 19.4. The highest BCUT2D eigenvalue weighted by Gasteiger charge is 2.32. The normalized spacial score (nSPS) is 14.5. The predicted octanol–water partition coefficient (Wildman–Crippen LogP) is 2.53. The van der Waals surface area contributed by atoms with E-state index in [-0.39, 0.29) is 68.0 Å². The summed E-state index contributed by atoms with van der Waals surface area (Å²) in [5, 5.41) is 2.82. The van der Waals surface area contributed by atoms with Gasteiger partial charge in [-0.05, 0) is 25.5 Å². The largest absolute Gasteiger partial charge is 0.483 e. The molecule has 1 unspecified atom stereocenters. The van der Waals surface area contributed by atoms with Crippen LogP contribution >= 0.6 is 0 Å². The number of nitrogens with zero attached hydrogens (tertiary/aromatic N) is 3. The van der Waals surface area contributed by atoms with Gasteiger partial charge < -0.3 is 29.3 Å². The first-order valence-corrected chi connectivity index (χ1v) is 12.2. The second-order valence-electron chi connectivity index (χ2n) is 8.58. The van der Waals surface area contributed by atoms with Crippen molar-refractivity contribution in [1.82, 2.24) is 20.1 Å². The van der Waals surface area contributed by atoms with E-state index in [1.165, 1.54) is 29.0 Å². The molecule has 1 aliphatic rings. The van der Waals surface area contributed by atoms with E-state index in [9.17, 15) is 32.3 Å². The molecule has 14 heteroatoms. The maximum Gasteiger partial charge on any atom is 0.422 e. The molecule has 1 aromatic carbocycles. The average Bonchev–Trinajstić information content (AvgIpc) is 2.92. The van der Waals surface area contributed by atoms with Crippen molar-refractivity contribution < 1.29 is 46.6 Å². The number of ether oxygens (including phenoxy) is 3. The van der Waals surface area contributed by atoms with Gasteiger partial charge >= 0.3 is 18.2 Å². The number of carbonyl (C=O) groups excluding carboxylic acids is 4. The molecule has 3 amide bonds. The van der Waals surface area contributed by atoms with E-state index in [0.717, 1.165) is 6.07 Å². The third kappa shape index (κ3) is 8.19. The van der Waals surface area contributed by atoms with E-state index in [4.69, 9.17) is 9.47 Å². The summed E-state index contributed by atoms with van der Waals surface area (Å²) in [6.45, 7) is 1.11. The maximum atomic E-state index is 13.3. The van der Waals surface area contributed by atoms with Crippen LogP contribution in [0.1, 0.15) is 30.3 Å². The number of hydrogen-bond donors (Lipinski definition) is 1. The molecular weight excluding hydrogens is 525 g/mol. The van der Waals surface area contributed by atoms with Gasteiger partial charge in [-0.15, -0.1) is 0 Å². The zero-order chi connectivity index (χ0) is 28.6. The number of methoxy groups -OCH3 is 1. The molecule has 1 aliphatic heterocycles. The van der Waals surface area contributed by atoms with E-state index in [1.54, 1.807) is 19.1 Å². The number of hydrogen-bond acceptors (Lipinski definition) is 8. The Morgan fingerprint density at radius 2 is 1.74 bits per heavy atom. The minimum absolute atomic E-state index is 0.0969. The maximum absolute atomic E-state index is 13.3. The number of fused-ring (bicyclic) bond motifs is 1. The number of esters is 1. The molecule has 0 radical (unpaired) electrons. The predicted molar refractivity (Wildman–Crippen MR) is 131 cm³/mol. The van der Waals surface area contributed by atoms with Crippen LogP contribution in [0.3, 0.4) is 0 Å². The van der Waals surface area contributed by atoms with Crippen LogP contribution in [-0.4, -0.2) is 97.4 Å². The molecule has 1 fully saturated rings. The highest BCUT2D eigenvalue weighted by Crippen LogP contribution is 2.27. The van der Waals surface area contributed by atoms with E-state index in [1.807, 2.05) is 0 Å². The molecule has 1 atom stereocenters. The minimum Gasteiger partial charge on any atom is -0.483 e. The molecule has 11 nitrogen and oxygen atoms in total. The number of halogens is 3. The van der Waals surface area contributed by atoms with Crippen LogP contribution in [0.2, 0.25) is 0 Å². The fourth-order valence-corrected chi connectivity index (χ4v) is 3.94. The molecule has 212 valence electrons. The standard InChI is InChI=1S/C25H29F3N4O7/c1-3-38-24(36)32-12-10-31(11-13-32)23(35)18(8-9-21(33)37-2)30-22(34)19-14-20(39-15-25(26,27)28)16-6-4-5-7-17(16)29-19/h4-7,14,18H,3,8-13,15H2,1-2H3,(H,30,34). The molecular formula is C25H29F3N4O7. The number of aromatic nitrogens is 1. The molecule has 1 aromatic heterocycles. The average molecular weight is 555 g/mol. The van der Waals surface area contributed by atoms with Gasteiger partial charge in [-0.25, -0.2) is 9.78 Å². The smallest absolute Gasteiger partial charge is 0.422 e. The van der Waals surface area contributed by atoms with Crippen LogP contribution in [0.4, 0.5) is 18.0 Å². The zero-order valence-electron chi connectivity index (χ0n) is 21.5. The van der Waals surface area contributed by atoms with Gasteiger partial charge in [0.25, 0.3) is 5.91 Å². The number of nitrogens with one attached hydrogen (secondary N) is 1. The van der Waals surface area contributed by atoms with Crippen molar-refractivity contribution in [2.24, 2.45) is 0 Å². The van der Waals surface area contributed by atoms with Gasteiger partial charge in [0.15, 0.2) is 6.61 Å². The lowest BCUT2D eigenvalue weighted by atomic mass is 10.1. The minimum atomic E-state index is -4.60. The van der Waals surface area contributed by atoms with Crippen molar-refractivity contribution >= 4 is 34.8 Å². The number of pyridine rings is 1. The molecule has 1 saturated heterocycles. The van der Waals surface area contributed by atoms with Crippen molar-refractivity contribution in [3.63, 3.8) is 0 Å². The van der Waals surface area contributed by atoms with Gasteiger partial charge in [-0.1, -0.05) is 12.1 Å². The zero-order valence-corrected chi connectivity index (χ0v) is 21.5. The molecule has 2 heterocycles. The number of alkyl halides is 3. The summed E-state index contributed by atoms with van der Waals surface area (Å²) in [6, 6.07) is 6.11. The molecule has 0 spiro atoms. The summed E-state index contributed by atoms with van der Waals surface area (Å²) in [4.78, 5) is 57.3. The summed E-state index contributed by atoms with van der Waals surface area (Å²) in [5.41, 5.74) is -0.0521. The fraction of sp³-hybridized carbons (Fsp3) is 0.480. The van der Waals surface area contributed by atoms with Crippen molar-refractivity contribution in [3.05, 3.63) is 36.0 Å². The van der Waals surface area contributed by atoms with Gasteiger partial charge in [0.1, 0.15) is 17.5 Å². The Hall–Kier alpha value is -4.10. The number of para-hydroxylation sites is 1. The van der Waals surface area contributed by atoms with E-state index >= 15 is 0 Å². The first kappa shape index (κ1) is 29.5. The number of benzene rings is 1. The lowest BCUT2D eigenvalue weighted by Gasteiger charge is -2.36. The monoisotopic (exact) mass is 554 g/mol. The van der Waals surface area contributed by atoms with E-state index in [2.05, 4.69) is 15.0 Å². The number of amides is 3. The molecule has 2 aromatic rings. The van der Waals surface area contributed by atoms with Gasteiger partial charge in [-0.2, -0.15) is 13.2 Å². The summed E-state index contributed by atoms with van der Waals surface area (Å²) in [6.07, 6.45) is -5.37. The molecule has 39 heavy (non-hydrogen) atoms. The summed E-state index contributed by atoms with van der Waals surface area (Å²) < 4.78 is 52.9. The second kappa shape index (κ2) is 13.1. The Labute approximate surface area is 222 Å². The van der Waals surface area contributed by atoms with Crippen molar-refractivity contribution in [1.29, 1.82) is 0 Å². The molecule has 0 saturated carbocycles. The van der Waals surface area contributed by atoms with Crippen molar-refractivity contribution in [3.8, 4) is 5.75 Å². The Balaban J connectivity index is 1.79. The SMILES string of the molecule is CCOC(=O)N1CCN(C(=O)C(CCC(=O)OC)NC(=O)c2cc(OCC(F)(F)F)c3ccccc3n2)CC1.